The molecule has 1 amide bonds. The van der Waals surface area contributed by atoms with Gasteiger partial charge >= 0.3 is 5.97 Å². The number of aryl methyl sites for hydroxylation is 1. The predicted molar refractivity (Wildman–Crippen MR) is 83.8 cm³/mol. The van der Waals surface area contributed by atoms with Crippen molar-refractivity contribution in [3.8, 4) is 11.4 Å². The summed E-state index contributed by atoms with van der Waals surface area (Å²) in [6.45, 7) is 1.88. The Balaban J connectivity index is 1.73. The second-order valence-corrected chi connectivity index (χ2v) is 5.83. The van der Waals surface area contributed by atoms with Crippen molar-refractivity contribution in [3.05, 3.63) is 47.8 Å². The molecule has 0 unspecified atom stereocenters. The van der Waals surface area contributed by atoms with Crippen molar-refractivity contribution >= 4 is 11.9 Å². The minimum absolute atomic E-state index is 0.140. The fraction of sp³-hybridized carbons (Fsp3) is 0.294. The van der Waals surface area contributed by atoms with E-state index in [9.17, 15) is 9.59 Å². The molecule has 23 heavy (non-hydrogen) atoms. The normalized spacial score (nSPS) is 15.0. The van der Waals surface area contributed by atoms with Crippen molar-refractivity contribution in [3.63, 3.8) is 0 Å². The summed E-state index contributed by atoms with van der Waals surface area (Å²) >= 11 is 0. The van der Waals surface area contributed by atoms with Crippen LogP contribution in [0.5, 0.6) is 0 Å². The number of hydrogen-bond acceptors (Lipinski definition) is 4. The first-order valence-corrected chi connectivity index (χ1v) is 7.42. The monoisotopic (exact) mass is 311 g/mol. The van der Waals surface area contributed by atoms with Crippen molar-refractivity contribution in [2.24, 2.45) is 5.41 Å². The number of carbonyl (C=O) groups excluding carboxylic acids is 1. The number of nitrogens with one attached hydrogen (secondary N) is 1. The molecule has 1 aliphatic carbocycles. The summed E-state index contributed by atoms with van der Waals surface area (Å²) in [5.41, 5.74) is 1.03. The third-order valence-electron chi connectivity index (χ3n) is 4.15. The molecular formula is C17H17N3O3. The van der Waals surface area contributed by atoms with Gasteiger partial charge in [0.25, 0.3) is 5.91 Å². The highest BCUT2D eigenvalue weighted by Crippen LogP contribution is 2.45. The highest BCUT2D eigenvalue weighted by molar-refractivity contribution is 5.95. The fourth-order valence-corrected chi connectivity index (χ4v) is 2.38. The van der Waals surface area contributed by atoms with Crippen LogP contribution in [0.3, 0.4) is 0 Å². The first kappa shape index (κ1) is 15.1. The molecule has 0 radical (unpaired) electrons. The Morgan fingerprint density at radius 2 is 1.96 bits per heavy atom. The molecule has 0 atom stereocenters. The highest BCUT2D eigenvalue weighted by Gasteiger charge is 2.50. The van der Waals surface area contributed by atoms with E-state index in [1.807, 2.05) is 30.3 Å². The van der Waals surface area contributed by atoms with Crippen LogP contribution in [0, 0.1) is 12.3 Å². The molecule has 1 aromatic carbocycles. The Morgan fingerprint density at radius 3 is 2.52 bits per heavy atom. The van der Waals surface area contributed by atoms with E-state index in [0.717, 1.165) is 5.56 Å². The maximum absolute atomic E-state index is 12.2. The molecule has 2 aromatic rings. The van der Waals surface area contributed by atoms with Gasteiger partial charge in [-0.3, -0.25) is 9.59 Å². The lowest BCUT2D eigenvalue weighted by Crippen LogP contribution is -2.34. The van der Waals surface area contributed by atoms with Crippen molar-refractivity contribution in [1.82, 2.24) is 15.3 Å². The Labute approximate surface area is 133 Å². The number of carbonyl (C=O) groups is 2. The van der Waals surface area contributed by atoms with E-state index >= 15 is 0 Å². The van der Waals surface area contributed by atoms with Gasteiger partial charge in [0.05, 0.1) is 16.7 Å². The quantitative estimate of drug-likeness (QED) is 0.881. The molecular weight excluding hydrogens is 294 g/mol. The Kier molecular flexibility index (Phi) is 3.82. The lowest BCUT2D eigenvalue weighted by molar-refractivity contribution is -0.143. The predicted octanol–water partition coefficient (Wildman–Crippen LogP) is 2.05. The van der Waals surface area contributed by atoms with Crippen molar-refractivity contribution in [1.29, 1.82) is 0 Å². The topological polar surface area (TPSA) is 92.2 Å². The Morgan fingerprint density at radius 1 is 1.26 bits per heavy atom. The summed E-state index contributed by atoms with van der Waals surface area (Å²) in [5, 5.41) is 11.8. The van der Waals surface area contributed by atoms with Gasteiger partial charge in [0, 0.05) is 18.3 Å². The van der Waals surface area contributed by atoms with Crippen molar-refractivity contribution in [2.75, 3.05) is 6.54 Å². The van der Waals surface area contributed by atoms with Crippen LogP contribution in [0.15, 0.2) is 36.5 Å². The molecule has 0 saturated heterocycles. The van der Waals surface area contributed by atoms with Gasteiger partial charge in [-0.05, 0) is 19.8 Å². The SMILES string of the molecule is Cc1nc(-c2ccccc2)ncc1C(=O)NCC1(C(=O)O)CC1. The van der Waals surface area contributed by atoms with Gasteiger partial charge in [0.2, 0.25) is 0 Å². The molecule has 2 N–H and O–H groups in total. The first-order chi connectivity index (χ1) is 11.0. The van der Waals surface area contributed by atoms with E-state index in [4.69, 9.17) is 5.11 Å². The van der Waals surface area contributed by atoms with Crippen molar-refractivity contribution in [2.45, 2.75) is 19.8 Å². The second-order valence-electron chi connectivity index (χ2n) is 5.83. The van der Waals surface area contributed by atoms with E-state index < -0.39 is 11.4 Å². The van der Waals surface area contributed by atoms with Gasteiger partial charge < -0.3 is 10.4 Å². The van der Waals surface area contributed by atoms with Crippen LogP contribution < -0.4 is 5.32 Å². The molecule has 118 valence electrons. The average Bonchev–Trinajstić information content (AvgIpc) is 3.35. The molecule has 1 heterocycles. The van der Waals surface area contributed by atoms with Gasteiger partial charge in [-0.2, -0.15) is 0 Å². The van der Waals surface area contributed by atoms with Gasteiger partial charge in [0.1, 0.15) is 0 Å². The van der Waals surface area contributed by atoms with E-state index in [2.05, 4.69) is 15.3 Å². The second kappa shape index (κ2) is 5.79. The highest BCUT2D eigenvalue weighted by atomic mass is 16.4. The van der Waals surface area contributed by atoms with E-state index in [-0.39, 0.29) is 12.5 Å². The number of carboxylic acids is 1. The maximum Gasteiger partial charge on any atom is 0.311 e. The molecule has 6 heteroatoms. The standard InChI is InChI=1S/C17H17N3O3/c1-11-13(15(21)19-10-17(7-8-17)16(22)23)9-18-14(20-11)12-5-3-2-4-6-12/h2-6,9H,7-8,10H2,1H3,(H,19,21)(H,22,23). The van der Waals surface area contributed by atoms with E-state index in [1.54, 1.807) is 6.92 Å². The number of carboxylic acid groups (broad SMARTS) is 1. The summed E-state index contributed by atoms with van der Waals surface area (Å²) in [5.74, 6) is -0.635. The van der Waals surface area contributed by atoms with Crippen LogP contribution in [-0.2, 0) is 4.79 Å². The van der Waals surface area contributed by atoms with Crippen LogP contribution in [0.1, 0.15) is 28.9 Å². The maximum atomic E-state index is 12.2. The fourth-order valence-electron chi connectivity index (χ4n) is 2.38. The minimum atomic E-state index is -0.856. The van der Waals surface area contributed by atoms with E-state index in [1.165, 1.54) is 6.20 Å². The summed E-state index contributed by atoms with van der Waals surface area (Å²) in [6.07, 6.45) is 2.69. The van der Waals surface area contributed by atoms with Crippen LogP contribution in [-0.4, -0.2) is 33.5 Å². The van der Waals surface area contributed by atoms with Crippen LogP contribution in [0.25, 0.3) is 11.4 Å². The average molecular weight is 311 g/mol. The van der Waals surface area contributed by atoms with Gasteiger partial charge in [-0.1, -0.05) is 30.3 Å². The molecule has 1 fully saturated rings. The molecule has 0 aliphatic heterocycles. The molecule has 0 bridgehead atoms. The van der Waals surface area contributed by atoms with Crippen LogP contribution in [0.2, 0.25) is 0 Å². The molecule has 1 saturated carbocycles. The molecule has 3 rings (SSSR count). The number of amides is 1. The Bertz CT molecular complexity index is 755. The third kappa shape index (κ3) is 3.06. The summed E-state index contributed by atoms with van der Waals surface area (Å²) in [6, 6.07) is 9.51. The molecule has 6 nitrogen and oxygen atoms in total. The number of benzene rings is 1. The summed E-state index contributed by atoms with van der Waals surface area (Å²) in [7, 11) is 0. The first-order valence-electron chi connectivity index (χ1n) is 7.42. The molecule has 1 aliphatic rings. The summed E-state index contributed by atoms with van der Waals surface area (Å²) < 4.78 is 0. The van der Waals surface area contributed by atoms with Crippen molar-refractivity contribution < 1.29 is 14.7 Å². The number of aromatic nitrogens is 2. The molecule has 0 spiro atoms. The van der Waals surface area contributed by atoms with Gasteiger partial charge in [0.15, 0.2) is 5.82 Å². The number of hydrogen-bond donors (Lipinski definition) is 2. The smallest absolute Gasteiger partial charge is 0.311 e. The zero-order chi connectivity index (χ0) is 16.4. The zero-order valence-electron chi connectivity index (χ0n) is 12.7. The lowest BCUT2D eigenvalue weighted by Gasteiger charge is -2.12. The largest absolute Gasteiger partial charge is 0.481 e. The molecule has 1 aromatic heterocycles. The van der Waals surface area contributed by atoms with Crippen LogP contribution in [0.4, 0.5) is 0 Å². The summed E-state index contributed by atoms with van der Waals surface area (Å²) in [4.78, 5) is 32.0. The number of aliphatic carboxylic acids is 1. The van der Waals surface area contributed by atoms with Gasteiger partial charge in [-0.25, -0.2) is 9.97 Å². The third-order valence-corrected chi connectivity index (χ3v) is 4.15. The zero-order valence-corrected chi connectivity index (χ0v) is 12.7. The lowest BCUT2D eigenvalue weighted by atomic mass is 10.1. The minimum Gasteiger partial charge on any atom is -0.481 e. The Hall–Kier alpha value is -2.76. The van der Waals surface area contributed by atoms with Gasteiger partial charge in [-0.15, -0.1) is 0 Å². The number of nitrogens with zero attached hydrogens (tertiary/aromatic N) is 2. The number of rotatable bonds is 5. The van der Waals surface area contributed by atoms with E-state index in [0.29, 0.717) is 29.9 Å². The van der Waals surface area contributed by atoms with Crippen LogP contribution >= 0.6 is 0 Å².